The van der Waals surface area contributed by atoms with Crippen LogP contribution in [0.2, 0.25) is 0 Å². The highest BCUT2D eigenvalue weighted by molar-refractivity contribution is 7.52. The molecule has 0 aliphatic carbocycles. The Bertz CT molecular complexity index is 1390. The maximum Gasteiger partial charge on any atom is 0.459 e. The maximum atomic E-state index is 15.0. The van der Waals surface area contributed by atoms with Gasteiger partial charge in [-0.3, -0.25) is 13.9 Å². The molecule has 1 fully saturated rings. The van der Waals surface area contributed by atoms with Gasteiger partial charge in [-0.2, -0.15) is 5.09 Å². The summed E-state index contributed by atoms with van der Waals surface area (Å²) >= 11 is 0. The quantitative estimate of drug-likeness (QED) is 0.193. The molecular formula is C25H33FN5O8P. The first-order valence-electron chi connectivity index (χ1n) is 12.6. The van der Waals surface area contributed by atoms with Crippen LogP contribution in [-0.4, -0.2) is 74.3 Å². The molecule has 7 atom stereocenters. The lowest BCUT2D eigenvalue weighted by Gasteiger charge is -2.29. The summed E-state index contributed by atoms with van der Waals surface area (Å²) in [6, 6.07) is 7.05. The van der Waals surface area contributed by atoms with Crippen LogP contribution < -0.4 is 14.9 Å². The third kappa shape index (κ3) is 5.82. The molecular weight excluding hydrogens is 548 g/mol. The fraction of sp³-hybridized carbons (Fsp3) is 0.480. The number of nitrogens with zero attached hydrogens (tertiary/aromatic N) is 3. The number of anilines is 1. The third-order valence-electron chi connectivity index (χ3n) is 6.50. The van der Waals surface area contributed by atoms with Gasteiger partial charge in [0.15, 0.2) is 17.7 Å². The Morgan fingerprint density at radius 1 is 1.30 bits per heavy atom. The van der Waals surface area contributed by atoms with Crippen LogP contribution in [0.4, 0.5) is 10.2 Å². The first kappa shape index (κ1) is 29.8. The molecule has 40 heavy (non-hydrogen) atoms. The van der Waals surface area contributed by atoms with E-state index in [-0.39, 0.29) is 22.6 Å². The van der Waals surface area contributed by atoms with E-state index in [0.717, 1.165) is 6.20 Å². The van der Waals surface area contributed by atoms with Gasteiger partial charge in [-0.15, -0.1) is 0 Å². The van der Waals surface area contributed by atoms with Crippen molar-refractivity contribution >= 4 is 30.6 Å². The zero-order valence-electron chi connectivity index (χ0n) is 22.6. The average molecular weight is 582 g/mol. The molecule has 1 saturated heterocycles. The Kier molecular flexibility index (Phi) is 8.78. The highest BCUT2D eigenvalue weighted by Crippen LogP contribution is 2.49. The topological polar surface area (TPSA) is 166 Å². The van der Waals surface area contributed by atoms with E-state index < -0.39 is 55.7 Å². The molecule has 2 aromatic heterocycles. The van der Waals surface area contributed by atoms with Crippen LogP contribution in [0.5, 0.6) is 5.75 Å². The Morgan fingerprint density at radius 3 is 2.65 bits per heavy atom. The second-order valence-corrected chi connectivity index (χ2v) is 11.2. The van der Waals surface area contributed by atoms with Crippen LogP contribution in [0.25, 0.3) is 11.0 Å². The Morgan fingerprint density at radius 2 is 2.00 bits per heavy atom. The van der Waals surface area contributed by atoms with Gasteiger partial charge in [0, 0.05) is 12.7 Å². The third-order valence-corrected chi connectivity index (χ3v) is 8.26. The van der Waals surface area contributed by atoms with Crippen molar-refractivity contribution < 1.29 is 42.5 Å². The number of carbonyl (C=O) groups is 1. The summed E-state index contributed by atoms with van der Waals surface area (Å²) in [6.45, 7) is 6.51. The van der Waals surface area contributed by atoms with Crippen molar-refractivity contribution in [3.63, 3.8) is 0 Å². The van der Waals surface area contributed by atoms with Gasteiger partial charge in [-0.05, 0) is 39.8 Å². The molecule has 3 heterocycles. The van der Waals surface area contributed by atoms with Gasteiger partial charge < -0.3 is 29.5 Å². The number of hydrogen-bond acceptors (Lipinski definition) is 11. The number of aromatic nitrogens is 3. The van der Waals surface area contributed by atoms with E-state index in [2.05, 4.69) is 20.4 Å². The lowest BCUT2D eigenvalue weighted by molar-refractivity contribution is -0.142. The smallest absolute Gasteiger partial charge is 0.459 e. The number of methoxy groups -OCH3 is 1. The molecule has 0 spiro atoms. The molecule has 0 radical (unpaired) electrons. The molecule has 1 aromatic carbocycles. The largest absolute Gasteiger partial charge is 0.468 e. The number of halogens is 1. The number of aliphatic hydroxyl groups is 2. The molecule has 13 nitrogen and oxygen atoms in total. The van der Waals surface area contributed by atoms with Crippen molar-refractivity contribution in [1.82, 2.24) is 19.6 Å². The molecule has 0 bridgehead atoms. The molecule has 4 N–H and O–H groups in total. The lowest BCUT2D eigenvalue weighted by atomic mass is 9.94. The van der Waals surface area contributed by atoms with E-state index in [1.54, 1.807) is 30.3 Å². The first-order valence-corrected chi connectivity index (χ1v) is 14.2. The molecule has 7 unspecified atom stereocenters. The number of hydrogen-bond donors (Lipinski definition) is 4. The SMILES string of the molecule is CCNc1ncnc2c1c(F)cn2C1OC(C(C)OP(=O)(NC(C)C(=O)OC)Oc2ccccc2)C(O)C1(C)O. The van der Waals surface area contributed by atoms with Crippen LogP contribution in [0.1, 0.15) is 33.9 Å². The molecule has 4 rings (SSSR count). The van der Waals surface area contributed by atoms with Crippen molar-refractivity contribution in [3.8, 4) is 5.75 Å². The monoisotopic (exact) mass is 581 g/mol. The van der Waals surface area contributed by atoms with Gasteiger partial charge in [0.2, 0.25) is 0 Å². The van der Waals surface area contributed by atoms with Gasteiger partial charge in [0.25, 0.3) is 0 Å². The van der Waals surface area contributed by atoms with E-state index in [4.69, 9.17) is 18.5 Å². The maximum absolute atomic E-state index is 15.0. The zero-order chi connectivity index (χ0) is 29.2. The number of fused-ring (bicyclic) bond motifs is 1. The van der Waals surface area contributed by atoms with Crippen molar-refractivity contribution in [2.75, 3.05) is 19.0 Å². The molecule has 0 amide bonds. The zero-order valence-corrected chi connectivity index (χ0v) is 23.5. The number of para-hydroxylation sites is 1. The standard InChI is InChI=1S/C25H33FN5O8P/c1-6-27-21-18-17(26)12-31(22(18)29-13-28-21)24-25(4,34)20(32)19(37-24)15(3)38-40(35,30-14(2)23(33)36-5)39-16-10-8-7-9-11-16/h7-15,19-20,24,32,34H,6H2,1-5H3,(H,30,35)(H,27,28,29). The molecule has 1 aliphatic heterocycles. The predicted molar refractivity (Wildman–Crippen MR) is 142 cm³/mol. The van der Waals surface area contributed by atoms with Crippen molar-refractivity contribution in [3.05, 3.63) is 48.7 Å². The molecule has 3 aromatic rings. The van der Waals surface area contributed by atoms with Gasteiger partial charge in [0.05, 0.1) is 18.6 Å². The van der Waals surface area contributed by atoms with Gasteiger partial charge in [-0.1, -0.05) is 18.2 Å². The van der Waals surface area contributed by atoms with Crippen LogP contribution >= 0.6 is 7.75 Å². The van der Waals surface area contributed by atoms with Crippen molar-refractivity contribution in [2.45, 2.75) is 63.9 Å². The summed E-state index contributed by atoms with van der Waals surface area (Å²) in [5, 5.41) is 28.0. The number of carbonyl (C=O) groups excluding carboxylic acids is 1. The highest BCUT2D eigenvalue weighted by atomic mass is 31.2. The summed E-state index contributed by atoms with van der Waals surface area (Å²) < 4.78 is 52.3. The van der Waals surface area contributed by atoms with E-state index in [1.165, 1.54) is 38.8 Å². The Hall–Kier alpha value is -3.13. The minimum Gasteiger partial charge on any atom is -0.468 e. The summed E-state index contributed by atoms with van der Waals surface area (Å²) in [6.07, 6.45) is -2.98. The Labute approximate surface area is 230 Å². The second kappa shape index (κ2) is 11.8. The van der Waals surface area contributed by atoms with Crippen LogP contribution in [0, 0.1) is 5.82 Å². The summed E-state index contributed by atoms with van der Waals surface area (Å²) in [7, 11) is -3.12. The van der Waals surface area contributed by atoms with Gasteiger partial charge >= 0.3 is 13.7 Å². The van der Waals surface area contributed by atoms with E-state index >= 15 is 4.39 Å². The molecule has 218 valence electrons. The second-order valence-electron chi connectivity index (χ2n) is 9.55. The van der Waals surface area contributed by atoms with Crippen LogP contribution in [-0.2, 0) is 23.4 Å². The minimum atomic E-state index is -4.30. The molecule has 0 saturated carbocycles. The number of ether oxygens (including phenoxy) is 2. The number of esters is 1. The number of nitrogens with one attached hydrogen (secondary N) is 2. The summed E-state index contributed by atoms with van der Waals surface area (Å²) in [5.74, 6) is -0.922. The number of aliphatic hydroxyl groups excluding tert-OH is 1. The first-order chi connectivity index (χ1) is 18.9. The van der Waals surface area contributed by atoms with Crippen LogP contribution in [0.15, 0.2) is 42.9 Å². The van der Waals surface area contributed by atoms with E-state index in [1.807, 2.05) is 6.92 Å². The summed E-state index contributed by atoms with van der Waals surface area (Å²) in [5.41, 5.74) is -1.83. The molecule has 15 heteroatoms. The Balaban J connectivity index is 1.63. The molecule has 1 aliphatic rings. The fourth-order valence-corrected chi connectivity index (χ4v) is 6.21. The van der Waals surface area contributed by atoms with Gasteiger partial charge in [0.1, 0.15) is 41.7 Å². The van der Waals surface area contributed by atoms with Crippen molar-refractivity contribution in [2.24, 2.45) is 0 Å². The number of benzene rings is 1. The van der Waals surface area contributed by atoms with E-state index in [9.17, 15) is 19.6 Å². The van der Waals surface area contributed by atoms with E-state index in [0.29, 0.717) is 6.54 Å². The van der Waals surface area contributed by atoms with Crippen molar-refractivity contribution in [1.29, 1.82) is 0 Å². The minimum absolute atomic E-state index is 0.0905. The number of rotatable bonds is 11. The average Bonchev–Trinajstić information content (AvgIpc) is 3.36. The fourth-order valence-electron chi connectivity index (χ4n) is 4.52. The lowest BCUT2D eigenvalue weighted by Crippen LogP contribution is -2.46. The van der Waals surface area contributed by atoms with Gasteiger partial charge in [-0.25, -0.2) is 18.9 Å². The summed E-state index contributed by atoms with van der Waals surface area (Å²) in [4.78, 5) is 20.3. The highest BCUT2D eigenvalue weighted by Gasteiger charge is 2.56. The van der Waals surface area contributed by atoms with Crippen LogP contribution in [0.3, 0.4) is 0 Å². The predicted octanol–water partition coefficient (Wildman–Crippen LogP) is 2.75. The normalized spacial score (nSPS) is 25.8.